The monoisotopic (exact) mass is 298 g/mol. The second kappa shape index (κ2) is 6.02. The second-order valence-electron chi connectivity index (χ2n) is 3.23. The lowest BCUT2D eigenvalue weighted by molar-refractivity contribution is -0.0851. The lowest BCUT2D eigenvalue weighted by Crippen LogP contribution is -2.25. The van der Waals surface area contributed by atoms with Crippen molar-refractivity contribution < 1.29 is 17.9 Å². The molecule has 4 nitrogen and oxygen atoms in total. The second-order valence-corrected chi connectivity index (χ2v) is 6.02. The first-order valence-electron chi connectivity index (χ1n) is 4.64. The van der Waals surface area contributed by atoms with E-state index in [0.29, 0.717) is 0 Å². The third kappa shape index (κ3) is 3.56. The number of rotatable bonds is 5. The van der Waals surface area contributed by atoms with Gasteiger partial charge in [0.2, 0.25) is 0 Å². The minimum absolute atomic E-state index is 0.0865. The van der Waals surface area contributed by atoms with Gasteiger partial charge in [0.25, 0.3) is 0 Å². The van der Waals surface area contributed by atoms with Crippen LogP contribution in [0, 0.1) is 0 Å². The molecule has 0 saturated carbocycles. The van der Waals surface area contributed by atoms with Gasteiger partial charge in [0.05, 0.1) is 10.0 Å². The molecule has 0 spiro atoms. The molecule has 1 aromatic rings. The van der Waals surface area contributed by atoms with E-state index in [9.17, 15) is 8.42 Å². The topological polar surface area (TPSA) is 52.6 Å². The summed E-state index contributed by atoms with van der Waals surface area (Å²) in [7, 11) is -0.941. The zero-order valence-corrected chi connectivity index (χ0v) is 11.6. The van der Waals surface area contributed by atoms with E-state index >= 15 is 0 Å². The Hall–Kier alpha value is -0.330. The molecular weight excluding hydrogens is 287 g/mol. The molecular formula is C10H12Cl2O4S. The van der Waals surface area contributed by atoms with E-state index in [1.807, 2.05) is 0 Å². The van der Waals surface area contributed by atoms with Gasteiger partial charge in [-0.05, 0) is 12.1 Å². The Morgan fingerprint density at radius 2 is 1.65 bits per heavy atom. The van der Waals surface area contributed by atoms with Crippen LogP contribution in [0.25, 0.3) is 0 Å². The fourth-order valence-electron chi connectivity index (χ4n) is 1.27. The Kier molecular flexibility index (Phi) is 5.22. The standard InChI is InChI=1S/C10H12Cl2O4S/c1-15-9(16-2)6-17(13,14)10-7(11)4-3-5-8(10)12/h3-5,9H,6H2,1-2H3. The number of halogens is 2. The SMILES string of the molecule is COC(CS(=O)(=O)c1c(Cl)cccc1Cl)OC. The van der Waals surface area contributed by atoms with E-state index in [0.717, 1.165) is 0 Å². The first kappa shape index (κ1) is 14.7. The summed E-state index contributed by atoms with van der Waals surface area (Å²) in [6.07, 6.45) is -0.854. The molecule has 0 aromatic heterocycles. The predicted molar refractivity (Wildman–Crippen MR) is 66.3 cm³/mol. The molecule has 0 unspecified atom stereocenters. The summed E-state index contributed by atoms with van der Waals surface area (Å²) in [5.74, 6) is -0.344. The molecule has 96 valence electrons. The molecule has 0 aliphatic carbocycles. The van der Waals surface area contributed by atoms with Crippen molar-refractivity contribution in [1.29, 1.82) is 0 Å². The van der Waals surface area contributed by atoms with E-state index < -0.39 is 16.1 Å². The minimum Gasteiger partial charge on any atom is -0.355 e. The molecule has 0 aliphatic rings. The zero-order valence-electron chi connectivity index (χ0n) is 9.31. The van der Waals surface area contributed by atoms with Crippen molar-refractivity contribution in [3.63, 3.8) is 0 Å². The van der Waals surface area contributed by atoms with Gasteiger partial charge in [0.1, 0.15) is 10.6 Å². The van der Waals surface area contributed by atoms with Gasteiger partial charge in [-0.25, -0.2) is 8.42 Å². The Labute approximate surface area is 110 Å². The Bertz CT molecular complexity index is 463. The maximum atomic E-state index is 12.1. The fraction of sp³-hybridized carbons (Fsp3) is 0.400. The molecule has 1 aromatic carbocycles. The van der Waals surface area contributed by atoms with Crippen LogP contribution in [0.2, 0.25) is 10.0 Å². The lowest BCUT2D eigenvalue weighted by Gasteiger charge is -2.14. The van der Waals surface area contributed by atoms with E-state index in [1.54, 1.807) is 6.07 Å². The van der Waals surface area contributed by atoms with Crippen LogP contribution in [0.15, 0.2) is 23.1 Å². The van der Waals surface area contributed by atoms with E-state index in [1.165, 1.54) is 26.4 Å². The van der Waals surface area contributed by atoms with Crippen LogP contribution in [0.1, 0.15) is 0 Å². The molecule has 0 fully saturated rings. The summed E-state index contributed by atoms with van der Waals surface area (Å²) < 4.78 is 33.8. The molecule has 0 radical (unpaired) electrons. The summed E-state index contributed by atoms with van der Waals surface area (Å²) in [5.41, 5.74) is 0. The molecule has 0 amide bonds. The molecule has 0 atom stereocenters. The summed E-state index contributed by atoms with van der Waals surface area (Å²) >= 11 is 11.7. The average molecular weight is 299 g/mol. The van der Waals surface area contributed by atoms with Crippen LogP contribution in [0.3, 0.4) is 0 Å². The molecule has 0 aliphatic heterocycles. The van der Waals surface area contributed by atoms with Gasteiger partial charge in [-0.3, -0.25) is 0 Å². The van der Waals surface area contributed by atoms with Gasteiger partial charge in [0.15, 0.2) is 16.1 Å². The van der Waals surface area contributed by atoms with Crippen LogP contribution in [0.5, 0.6) is 0 Å². The lowest BCUT2D eigenvalue weighted by atomic mass is 10.4. The highest BCUT2D eigenvalue weighted by Gasteiger charge is 2.25. The van der Waals surface area contributed by atoms with Crippen LogP contribution in [0.4, 0.5) is 0 Å². The normalized spacial score (nSPS) is 12.1. The molecule has 0 bridgehead atoms. The van der Waals surface area contributed by atoms with Gasteiger partial charge in [0, 0.05) is 14.2 Å². The number of sulfone groups is 1. The van der Waals surface area contributed by atoms with E-state index in [-0.39, 0.29) is 20.7 Å². The van der Waals surface area contributed by atoms with Crippen LogP contribution >= 0.6 is 23.2 Å². The van der Waals surface area contributed by atoms with Crippen molar-refractivity contribution in [3.05, 3.63) is 28.2 Å². The van der Waals surface area contributed by atoms with Crippen molar-refractivity contribution in [2.75, 3.05) is 20.0 Å². The molecule has 0 saturated heterocycles. The first-order valence-corrected chi connectivity index (χ1v) is 7.05. The number of methoxy groups -OCH3 is 2. The van der Waals surface area contributed by atoms with E-state index in [2.05, 4.69) is 0 Å². The minimum atomic E-state index is -3.66. The molecule has 0 heterocycles. The summed E-state index contributed by atoms with van der Waals surface area (Å²) in [6.45, 7) is 0. The highest BCUT2D eigenvalue weighted by atomic mass is 35.5. The Morgan fingerprint density at radius 3 is 2.06 bits per heavy atom. The molecule has 17 heavy (non-hydrogen) atoms. The third-order valence-electron chi connectivity index (χ3n) is 2.11. The van der Waals surface area contributed by atoms with Gasteiger partial charge in [-0.1, -0.05) is 29.3 Å². The Morgan fingerprint density at radius 1 is 1.18 bits per heavy atom. The van der Waals surface area contributed by atoms with Crippen LogP contribution < -0.4 is 0 Å². The maximum absolute atomic E-state index is 12.1. The molecule has 1 rings (SSSR count). The van der Waals surface area contributed by atoms with Crippen LogP contribution in [-0.4, -0.2) is 34.7 Å². The maximum Gasteiger partial charge on any atom is 0.186 e. The Balaban J connectivity index is 3.14. The largest absolute Gasteiger partial charge is 0.355 e. The number of ether oxygens (including phenoxy) is 2. The van der Waals surface area contributed by atoms with E-state index in [4.69, 9.17) is 32.7 Å². The van der Waals surface area contributed by atoms with Crippen molar-refractivity contribution in [2.24, 2.45) is 0 Å². The number of hydrogen-bond acceptors (Lipinski definition) is 4. The van der Waals surface area contributed by atoms with Crippen molar-refractivity contribution in [3.8, 4) is 0 Å². The number of benzene rings is 1. The highest BCUT2D eigenvalue weighted by molar-refractivity contribution is 7.91. The van der Waals surface area contributed by atoms with Crippen LogP contribution in [-0.2, 0) is 19.3 Å². The quantitative estimate of drug-likeness (QED) is 0.783. The third-order valence-corrected chi connectivity index (χ3v) is 4.74. The van der Waals surface area contributed by atoms with Gasteiger partial charge in [-0.15, -0.1) is 0 Å². The summed E-state index contributed by atoms with van der Waals surface area (Å²) in [5, 5.41) is 0.173. The van der Waals surface area contributed by atoms with Gasteiger partial charge < -0.3 is 9.47 Å². The van der Waals surface area contributed by atoms with Crippen molar-refractivity contribution >= 4 is 33.0 Å². The average Bonchev–Trinajstić information content (AvgIpc) is 2.25. The van der Waals surface area contributed by atoms with Crippen molar-refractivity contribution in [2.45, 2.75) is 11.2 Å². The highest BCUT2D eigenvalue weighted by Crippen LogP contribution is 2.30. The summed E-state index contributed by atoms with van der Waals surface area (Å²) in [6, 6.07) is 4.51. The number of hydrogen-bond donors (Lipinski definition) is 0. The van der Waals surface area contributed by atoms with Gasteiger partial charge >= 0.3 is 0 Å². The van der Waals surface area contributed by atoms with Crippen molar-refractivity contribution in [1.82, 2.24) is 0 Å². The smallest absolute Gasteiger partial charge is 0.186 e. The first-order chi connectivity index (χ1) is 7.92. The fourth-order valence-corrected chi connectivity index (χ4v) is 3.90. The molecule has 7 heteroatoms. The van der Waals surface area contributed by atoms with Gasteiger partial charge in [-0.2, -0.15) is 0 Å². The zero-order chi connectivity index (χ0) is 13.1. The summed E-state index contributed by atoms with van der Waals surface area (Å²) in [4.78, 5) is -0.0950. The molecule has 0 N–H and O–H groups in total. The predicted octanol–water partition coefficient (Wildman–Crippen LogP) is 2.39.